The Hall–Kier alpha value is -4.29. The highest BCUT2D eigenvalue weighted by Crippen LogP contribution is 2.46. The fraction of sp³-hybridized carbons (Fsp3) is 0.889. The first-order valence-corrected chi connectivity index (χ1v) is 37.3. The fourth-order valence-electron chi connectivity index (χ4n) is 11.8. The molecule has 16 atom stereocenters. The highest BCUT2D eigenvalue weighted by molar-refractivity contribution is 7.44. The maximum Gasteiger partial charge on any atom is 0.302 e. The van der Waals surface area contributed by atoms with Crippen LogP contribution in [0.15, 0.2) is 0 Å². The first-order valence-electron chi connectivity index (χ1n) is 36.2. The van der Waals surface area contributed by atoms with Gasteiger partial charge in [0.15, 0.2) is 18.9 Å². The number of nitrogens with one attached hydrogen (secondary N) is 5. The molecule has 29 heteroatoms. The van der Waals surface area contributed by atoms with Gasteiger partial charge in [-0.15, -0.1) is 0 Å². The summed E-state index contributed by atoms with van der Waals surface area (Å²) in [6.45, 7) is 35.4. The van der Waals surface area contributed by atoms with Crippen LogP contribution in [0.5, 0.6) is 0 Å². The van der Waals surface area contributed by atoms with E-state index in [2.05, 4.69) is 121 Å². The minimum absolute atomic E-state index is 0. The number of ether oxygens (including phenoxy) is 12. The predicted octanol–water partition coefficient (Wildman–Crippen LogP) is 9.41. The van der Waals surface area contributed by atoms with Crippen LogP contribution in [0, 0.1) is 53.3 Å². The van der Waals surface area contributed by atoms with Gasteiger partial charge in [0.2, 0.25) is 29.5 Å². The molecule has 3 aliphatic heterocycles. The van der Waals surface area contributed by atoms with Crippen molar-refractivity contribution in [1.82, 2.24) is 31.3 Å². The number of carbonyl (C=O) groups excluding carboxylic acids is 8. The minimum Gasteiger partial charge on any atom is -0.463 e. The van der Waals surface area contributed by atoms with E-state index in [4.69, 9.17) is 65.9 Å². The summed E-state index contributed by atoms with van der Waals surface area (Å²) in [7, 11) is -1.34. The molecule has 101 heavy (non-hydrogen) atoms. The molecule has 0 aromatic heterocycles. The molecule has 0 bridgehead atoms. The molecule has 3 rings (SSSR count). The van der Waals surface area contributed by atoms with Gasteiger partial charge in [-0.05, 0) is 95.3 Å². The highest BCUT2D eigenvalue weighted by Gasteiger charge is 2.43. The summed E-state index contributed by atoms with van der Waals surface area (Å²) in [4.78, 5) is 102. The van der Waals surface area contributed by atoms with Gasteiger partial charge in [-0.1, -0.05) is 84.1 Å². The van der Waals surface area contributed by atoms with E-state index in [-0.39, 0.29) is 227 Å². The lowest BCUT2D eigenvalue weighted by Crippen LogP contribution is -2.59. The van der Waals surface area contributed by atoms with E-state index in [1.165, 1.54) is 20.8 Å². The van der Waals surface area contributed by atoms with Crippen molar-refractivity contribution < 1.29 is 111 Å². The van der Waals surface area contributed by atoms with Gasteiger partial charge in [-0.3, -0.25) is 38.4 Å². The molecule has 28 nitrogen and oxygen atoms in total. The smallest absolute Gasteiger partial charge is 0.302 e. The third-order valence-electron chi connectivity index (χ3n) is 18.9. The standard InChI is InChI=1S/C70H127N6O22P.2CH4.5H2/c1-18-30-94-99(76(45(2)3)46(4)5)95-34-22-29-74-65(83)38-66(84)75-70(42-85-35-23-62(80)71-26-19-31-88-67-53(12)47(6)50(9)59(96-67)39-91-56(15)77,43-86-36-24-63(81)72-27-20-32-89-68-54(13)48(7)51(10)60(97-68)40-92-57(16)78)44-87-37-25-64(82)73-28-21-33-90-69-55(14)49(8)52(11)61(98-69)41-93-58(17)79;;;;;;;/h45-55,59-61,67-69H,18-44H2,1-17H3,(H,71,80)(H,72,81)(H,73,82)(H,74,83)(H,75,84);2*1H4;5*1H/t47-,48-,49-,50+,51+,52+,53?,54?,55?,59?,60?,61?,67+,68+,69+,70?,99?;;;;;;;/m0......./s1. The van der Waals surface area contributed by atoms with Crippen LogP contribution in [0.25, 0.3) is 0 Å². The van der Waals surface area contributed by atoms with Crippen molar-refractivity contribution in [3.8, 4) is 0 Å². The minimum atomic E-state index is -1.50. The zero-order chi connectivity index (χ0) is 73.6. The van der Waals surface area contributed by atoms with Crippen molar-refractivity contribution in [2.45, 2.75) is 245 Å². The van der Waals surface area contributed by atoms with Crippen LogP contribution in [0.3, 0.4) is 0 Å². The van der Waals surface area contributed by atoms with Gasteiger partial charge in [0.1, 0.15) is 31.8 Å². The first-order chi connectivity index (χ1) is 47.0. The van der Waals surface area contributed by atoms with E-state index in [9.17, 15) is 38.4 Å². The lowest BCUT2D eigenvalue weighted by Gasteiger charge is -2.43. The van der Waals surface area contributed by atoms with Crippen molar-refractivity contribution >= 4 is 56.0 Å². The van der Waals surface area contributed by atoms with Crippen molar-refractivity contribution in [3.05, 3.63) is 0 Å². The van der Waals surface area contributed by atoms with Crippen LogP contribution in [-0.4, -0.2) is 226 Å². The molecule has 3 saturated heterocycles. The van der Waals surface area contributed by atoms with E-state index in [0.29, 0.717) is 78.4 Å². The molecule has 0 spiro atoms. The molecule has 5 N–H and O–H groups in total. The molecule has 0 saturated carbocycles. The number of esters is 3. The van der Waals surface area contributed by atoms with Crippen molar-refractivity contribution in [3.63, 3.8) is 0 Å². The molecule has 3 aliphatic rings. The van der Waals surface area contributed by atoms with Crippen LogP contribution in [0.2, 0.25) is 0 Å². The Morgan fingerprint density at radius 3 is 1.04 bits per heavy atom. The first kappa shape index (κ1) is 94.7. The average Bonchev–Trinajstić information content (AvgIpc) is 0.879. The zero-order valence-electron chi connectivity index (χ0n) is 62.8. The normalized spacial score (nSPS) is 25.9. The van der Waals surface area contributed by atoms with Gasteiger partial charge in [0.05, 0.1) is 91.0 Å². The molecule has 0 radical (unpaired) electrons. The molecule has 7 unspecified atom stereocenters. The molecule has 600 valence electrons. The third kappa shape index (κ3) is 36.5. The van der Waals surface area contributed by atoms with Gasteiger partial charge in [0, 0.05) is 103 Å². The van der Waals surface area contributed by atoms with E-state index >= 15 is 0 Å². The largest absolute Gasteiger partial charge is 0.463 e. The van der Waals surface area contributed by atoms with Gasteiger partial charge in [-0.2, -0.15) is 0 Å². The lowest BCUT2D eigenvalue weighted by atomic mass is 9.79. The quantitative estimate of drug-likeness (QED) is 0.0124. The summed E-state index contributed by atoms with van der Waals surface area (Å²) in [5, 5.41) is 14.4. The Balaban J connectivity index is -0.00000486. The number of hydrogen-bond acceptors (Lipinski definition) is 23. The van der Waals surface area contributed by atoms with Gasteiger partial charge in [-0.25, -0.2) is 4.67 Å². The van der Waals surface area contributed by atoms with E-state index in [1.54, 1.807) is 0 Å². The molecular weight excluding hydrogens is 1330 g/mol. The molecule has 3 fully saturated rings. The van der Waals surface area contributed by atoms with Crippen LogP contribution >= 0.6 is 8.53 Å². The van der Waals surface area contributed by atoms with E-state index in [0.717, 1.165) is 6.42 Å². The fourth-order valence-corrected chi connectivity index (χ4v) is 13.5. The second-order valence-electron chi connectivity index (χ2n) is 27.6. The number of nitrogens with zero attached hydrogens (tertiary/aromatic N) is 1. The maximum atomic E-state index is 14.1. The molecule has 0 aliphatic carbocycles. The van der Waals surface area contributed by atoms with Crippen molar-refractivity contribution in [1.29, 1.82) is 0 Å². The summed E-state index contributed by atoms with van der Waals surface area (Å²) in [5.41, 5.74) is -1.50. The van der Waals surface area contributed by atoms with Gasteiger partial charge < -0.3 is 92.5 Å². The van der Waals surface area contributed by atoms with Crippen molar-refractivity contribution in [2.75, 3.05) is 119 Å². The second-order valence-corrected chi connectivity index (χ2v) is 29.0. The Morgan fingerprint density at radius 1 is 0.426 bits per heavy atom. The van der Waals surface area contributed by atoms with Crippen LogP contribution in [0.4, 0.5) is 0 Å². The third-order valence-corrected chi connectivity index (χ3v) is 21.0. The van der Waals surface area contributed by atoms with Gasteiger partial charge >= 0.3 is 17.9 Å². The molecule has 0 aromatic rings. The lowest BCUT2D eigenvalue weighted by molar-refractivity contribution is -0.255. The highest BCUT2D eigenvalue weighted by atomic mass is 31.2. The Morgan fingerprint density at radius 2 is 0.733 bits per heavy atom. The zero-order valence-corrected chi connectivity index (χ0v) is 63.7. The summed E-state index contributed by atoms with van der Waals surface area (Å²) < 4.78 is 85.7. The Labute approximate surface area is 613 Å². The summed E-state index contributed by atoms with van der Waals surface area (Å²) in [6, 6.07) is 0.355. The number of hydrogen-bond donors (Lipinski definition) is 5. The summed E-state index contributed by atoms with van der Waals surface area (Å²) in [6.07, 6.45) is -0.514. The van der Waals surface area contributed by atoms with E-state index < -0.39 is 51.2 Å². The molecule has 0 aromatic carbocycles. The summed E-state index contributed by atoms with van der Waals surface area (Å²) >= 11 is 0. The number of carbonyl (C=O) groups is 8. The van der Waals surface area contributed by atoms with Crippen LogP contribution in [0.1, 0.15) is 197 Å². The van der Waals surface area contributed by atoms with Gasteiger partial charge in [0.25, 0.3) is 8.53 Å². The topological polar surface area (TPSA) is 329 Å². The summed E-state index contributed by atoms with van der Waals surface area (Å²) in [5.74, 6) is -1.91. The molecule has 5 amide bonds. The number of amides is 5. The molecule has 3 heterocycles. The Bertz CT molecular complexity index is 2200. The maximum absolute atomic E-state index is 14.1. The molecular formula is C72H145N6O22P. The van der Waals surface area contributed by atoms with Crippen LogP contribution < -0.4 is 26.6 Å². The van der Waals surface area contributed by atoms with Crippen LogP contribution in [-0.2, 0) is 104 Å². The van der Waals surface area contributed by atoms with Crippen molar-refractivity contribution in [2.24, 2.45) is 53.3 Å². The monoisotopic (exact) mass is 1480 g/mol. The predicted molar refractivity (Wildman–Crippen MR) is 394 cm³/mol. The Kier molecular flexibility index (Phi) is 48.6. The average molecular weight is 1480 g/mol. The number of rotatable bonds is 50. The SMILES string of the molecule is C.C.CCCOP(OCCCNC(=O)CC(=O)NC(COCCC(=O)NCCCO[C@@H]1OC(COC(C)=O)[C@H](C)[C@H](C)C1C)(COCCC(=O)NCCCO[C@@H]1OC(COC(C)=O)[C@H](C)[C@H](C)C1C)COCCC(=O)NCCCO[C@@H]1OC(COC(C)=O)[C@H](C)[C@H](C)C1C)N(C(C)C)C(C)C.[HH].[HH].[HH].[HH].[HH]. The second kappa shape index (κ2) is 51.8. The van der Waals surface area contributed by atoms with E-state index in [1.807, 2.05) is 6.92 Å².